The first-order valence-corrected chi connectivity index (χ1v) is 11.6. The number of halogens is 3. The summed E-state index contributed by atoms with van der Waals surface area (Å²) < 4.78 is 58.8. The number of carbonyl (C=O) groups excluding carboxylic acids is 1. The van der Waals surface area contributed by atoms with Crippen LogP contribution in [0, 0.1) is 5.41 Å². The fraction of sp³-hybridized carbons (Fsp3) is 0.227. The number of alkyl halides is 3. The quantitative estimate of drug-likeness (QED) is 0.330. The van der Waals surface area contributed by atoms with Gasteiger partial charge in [0.15, 0.2) is 0 Å². The van der Waals surface area contributed by atoms with Gasteiger partial charge in [-0.25, -0.2) is 13.2 Å². The predicted molar refractivity (Wildman–Crippen MR) is 123 cm³/mol. The second kappa shape index (κ2) is 11.6. The molecule has 1 saturated heterocycles. The van der Waals surface area contributed by atoms with Crippen LogP contribution in [0.25, 0.3) is 6.08 Å². The lowest BCUT2D eigenvalue weighted by Crippen LogP contribution is -2.40. The Morgan fingerprint density at radius 2 is 1.83 bits per heavy atom. The van der Waals surface area contributed by atoms with Crippen molar-refractivity contribution >= 4 is 33.8 Å². The van der Waals surface area contributed by atoms with E-state index < -0.39 is 28.2 Å². The van der Waals surface area contributed by atoms with Gasteiger partial charge in [-0.1, -0.05) is 48.5 Å². The summed E-state index contributed by atoms with van der Waals surface area (Å²) in [4.78, 5) is 23.1. The average Bonchev–Trinajstić information content (AvgIpc) is 3.11. The molecule has 2 aromatic rings. The summed E-state index contributed by atoms with van der Waals surface area (Å²) in [7, 11) is -3.73. The number of hydrogen-bond acceptors (Lipinski definition) is 5. The number of amides is 1. The van der Waals surface area contributed by atoms with Crippen LogP contribution in [0.5, 0.6) is 0 Å². The van der Waals surface area contributed by atoms with Crippen LogP contribution in [0.3, 0.4) is 0 Å². The van der Waals surface area contributed by atoms with E-state index in [2.05, 4.69) is 4.72 Å². The summed E-state index contributed by atoms with van der Waals surface area (Å²) in [5, 5.41) is 15.7. The standard InChI is InChI=1S/C20H22N4O3S.C2HF3O2/c21-19(22)17-8-4-7-16(13-17)14-24-11-9-18(20(24)25)23-28(26,27)12-10-15-5-2-1-3-6-15;3-2(4,5)1(6)7/h1-8,10,12-13,18,23H,9,11,14H2,(H3,21,22);(H,6,7)/b12-10+;. The minimum atomic E-state index is -5.08. The third-order valence-corrected chi connectivity index (χ3v) is 5.80. The summed E-state index contributed by atoms with van der Waals surface area (Å²) in [5.74, 6) is -3.05. The molecule has 3 rings (SSSR count). The van der Waals surface area contributed by atoms with Crippen molar-refractivity contribution in [2.75, 3.05) is 6.54 Å². The van der Waals surface area contributed by atoms with Crippen molar-refractivity contribution in [3.8, 4) is 0 Å². The molecule has 0 spiro atoms. The van der Waals surface area contributed by atoms with Crippen LogP contribution in [0.15, 0.2) is 60.0 Å². The maximum atomic E-state index is 12.6. The molecule has 1 aliphatic rings. The molecular formula is C22H23F3N4O5S. The Balaban J connectivity index is 0.000000540. The van der Waals surface area contributed by atoms with Crippen LogP contribution < -0.4 is 10.5 Å². The molecule has 1 amide bonds. The number of nitrogens with zero attached hydrogens (tertiary/aromatic N) is 1. The van der Waals surface area contributed by atoms with E-state index in [1.165, 1.54) is 6.08 Å². The van der Waals surface area contributed by atoms with Crippen LogP contribution in [0.2, 0.25) is 0 Å². The zero-order chi connectivity index (χ0) is 26.2. The molecule has 1 atom stereocenters. The number of likely N-dealkylation sites (tertiary alicyclic amines) is 1. The third kappa shape index (κ3) is 8.87. The molecule has 0 aliphatic carbocycles. The van der Waals surface area contributed by atoms with Crippen molar-refractivity contribution in [1.29, 1.82) is 5.41 Å². The number of hydrogen-bond donors (Lipinski definition) is 4. The van der Waals surface area contributed by atoms with E-state index in [-0.39, 0.29) is 11.7 Å². The van der Waals surface area contributed by atoms with Gasteiger partial charge in [0.25, 0.3) is 0 Å². The fourth-order valence-corrected chi connectivity index (χ4v) is 4.06. The van der Waals surface area contributed by atoms with Gasteiger partial charge in [-0.15, -0.1) is 0 Å². The van der Waals surface area contributed by atoms with Gasteiger partial charge in [-0.05, 0) is 29.7 Å². The zero-order valence-electron chi connectivity index (χ0n) is 18.2. The van der Waals surface area contributed by atoms with Crippen LogP contribution >= 0.6 is 0 Å². The van der Waals surface area contributed by atoms with Gasteiger partial charge in [0.2, 0.25) is 15.9 Å². The number of carbonyl (C=O) groups is 2. The molecule has 5 N–H and O–H groups in total. The number of carboxylic acids is 1. The molecule has 1 unspecified atom stereocenters. The molecule has 9 nitrogen and oxygen atoms in total. The second-order valence-corrected chi connectivity index (χ2v) is 8.99. The van der Waals surface area contributed by atoms with E-state index in [9.17, 15) is 26.4 Å². The van der Waals surface area contributed by atoms with Crippen LogP contribution in [-0.2, 0) is 26.2 Å². The van der Waals surface area contributed by atoms with Gasteiger partial charge in [0.05, 0.1) is 0 Å². The first-order valence-electron chi connectivity index (χ1n) is 10.1. The molecule has 0 saturated carbocycles. The highest BCUT2D eigenvalue weighted by atomic mass is 32.2. The lowest BCUT2D eigenvalue weighted by molar-refractivity contribution is -0.192. The monoisotopic (exact) mass is 512 g/mol. The van der Waals surface area contributed by atoms with E-state index in [0.29, 0.717) is 25.1 Å². The van der Waals surface area contributed by atoms with Gasteiger partial charge < -0.3 is 15.7 Å². The minimum Gasteiger partial charge on any atom is -0.475 e. The van der Waals surface area contributed by atoms with Gasteiger partial charge in [0.1, 0.15) is 11.9 Å². The number of aliphatic carboxylic acids is 1. The Morgan fingerprint density at radius 1 is 1.20 bits per heavy atom. The Bertz CT molecular complexity index is 1200. The number of amidine groups is 1. The Labute approximate surface area is 199 Å². The lowest BCUT2D eigenvalue weighted by Gasteiger charge is -2.17. The number of nitrogens with two attached hydrogens (primary N) is 1. The molecule has 0 radical (unpaired) electrons. The average molecular weight is 513 g/mol. The van der Waals surface area contributed by atoms with Crippen LogP contribution in [-0.4, -0.2) is 54.9 Å². The highest BCUT2D eigenvalue weighted by molar-refractivity contribution is 7.92. The smallest absolute Gasteiger partial charge is 0.475 e. The number of benzene rings is 2. The van der Waals surface area contributed by atoms with Crippen LogP contribution in [0.1, 0.15) is 23.1 Å². The molecule has 13 heteroatoms. The Kier molecular flexibility index (Phi) is 9.14. The summed E-state index contributed by atoms with van der Waals surface area (Å²) in [6.07, 6.45) is -3.18. The highest BCUT2D eigenvalue weighted by Gasteiger charge is 2.38. The lowest BCUT2D eigenvalue weighted by atomic mass is 10.1. The maximum Gasteiger partial charge on any atom is 0.490 e. The summed E-state index contributed by atoms with van der Waals surface area (Å²) in [6, 6.07) is 15.4. The molecule has 0 aromatic heterocycles. The highest BCUT2D eigenvalue weighted by Crippen LogP contribution is 2.17. The van der Waals surface area contributed by atoms with Gasteiger partial charge in [-0.2, -0.15) is 17.9 Å². The molecule has 1 fully saturated rings. The third-order valence-electron chi connectivity index (χ3n) is 4.70. The van der Waals surface area contributed by atoms with Gasteiger partial charge >= 0.3 is 12.1 Å². The number of nitrogens with one attached hydrogen (secondary N) is 2. The number of sulfonamides is 1. The Morgan fingerprint density at radius 3 is 2.40 bits per heavy atom. The number of nitrogen functional groups attached to an aromatic ring is 1. The first kappa shape index (κ1) is 27.5. The van der Waals surface area contributed by atoms with Crippen molar-refractivity contribution in [2.24, 2.45) is 5.73 Å². The van der Waals surface area contributed by atoms with Gasteiger partial charge in [-0.3, -0.25) is 10.2 Å². The van der Waals surface area contributed by atoms with Crippen molar-refractivity contribution in [2.45, 2.75) is 25.2 Å². The molecule has 1 heterocycles. The second-order valence-electron chi connectivity index (χ2n) is 7.39. The summed E-state index contributed by atoms with van der Waals surface area (Å²) in [5.41, 5.74) is 7.69. The van der Waals surface area contributed by atoms with E-state index in [1.54, 1.807) is 35.2 Å². The van der Waals surface area contributed by atoms with E-state index >= 15 is 0 Å². The van der Waals surface area contributed by atoms with Crippen molar-refractivity contribution < 1.29 is 36.3 Å². The van der Waals surface area contributed by atoms with E-state index in [0.717, 1.165) is 16.5 Å². The number of rotatable bonds is 7. The molecule has 35 heavy (non-hydrogen) atoms. The maximum absolute atomic E-state index is 12.6. The molecular weight excluding hydrogens is 489 g/mol. The zero-order valence-corrected chi connectivity index (χ0v) is 19.0. The summed E-state index contributed by atoms with van der Waals surface area (Å²) >= 11 is 0. The number of carboxylic acid groups (broad SMARTS) is 1. The normalized spacial score (nSPS) is 16.1. The minimum absolute atomic E-state index is 0.0366. The fourth-order valence-electron chi connectivity index (χ4n) is 3.03. The van der Waals surface area contributed by atoms with Crippen molar-refractivity contribution in [1.82, 2.24) is 9.62 Å². The Hall–Kier alpha value is -3.71. The van der Waals surface area contributed by atoms with Crippen molar-refractivity contribution in [3.05, 3.63) is 76.7 Å². The first-order chi connectivity index (χ1) is 16.3. The molecule has 188 valence electrons. The topological polar surface area (TPSA) is 154 Å². The molecule has 1 aliphatic heterocycles. The molecule has 0 bridgehead atoms. The van der Waals surface area contributed by atoms with E-state index in [4.69, 9.17) is 21.0 Å². The van der Waals surface area contributed by atoms with Gasteiger partial charge in [0, 0.05) is 24.1 Å². The predicted octanol–water partition coefficient (Wildman–Crippen LogP) is 2.30. The van der Waals surface area contributed by atoms with E-state index in [1.807, 2.05) is 24.3 Å². The van der Waals surface area contributed by atoms with Crippen LogP contribution in [0.4, 0.5) is 13.2 Å². The summed E-state index contributed by atoms with van der Waals surface area (Å²) in [6.45, 7) is 0.802. The van der Waals surface area contributed by atoms with Crippen molar-refractivity contribution in [3.63, 3.8) is 0 Å². The molecule has 2 aromatic carbocycles. The largest absolute Gasteiger partial charge is 0.490 e. The SMILES string of the molecule is N=C(N)c1cccc(CN2CCC(NS(=O)(=O)/C=C/c3ccccc3)C2=O)c1.O=C(O)C(F)(F)F.